The van der Waals surface area contributed by atoms with E-state index in [-0.39, 0.29) is 17.8 Å². The van der Waals surface area contributed by atoms with Gasteiger partial charge >= 0.3 is 0 Å². The molecule has 7 heteroatoms. The minimum atomic E-state index is -0.0762. The predicted octanol–water partition coefficient (Wildman–Crippen LogP) is 6.38. The van der Waals surface area contributed by atoms with Gasteiger partial charge in [-0.3, -0.25) is 10.2 Å². The van der Waals surface area contributed by atoms with Crippen molar-refractivity contribution in [2.24, 2.45) is 5.73 Å². The third kappa shape index (κ3) is 5.21. The van der Waals surface area contributed by atoms with Gasteiger partial charge in [-0.15, -0.1) is 0 Å². The fourth-order valence-electron chi connectivity index (χ4n) is 5.53. The fourth-order valence-corrected chi connectivity index (χ4v) is 5.53. The van der Waals surface area contributed by atoms with E-state index in [1.54, 1.807) is 6.20 Å². The molecule has 3 aromatic carbocycles. The maximum Gasteiger partial charge on any atom is 0.268 e. The first kappa shape index (κ1) is 24.7. The number of hydrogen-bond acceptors (Lipinski definition) is 4. The van der Waals surface area contributed by atoms with Crippen molar-refractivity contribution in [2.75, 3.05) is 0 Å². The van der Waals surface area contributed by atoms with E-state index in [2.05, 4.69) is 22.4 Å². The number of ether oxygens (including phenoxy) is 1. The second kappa shape index (κ2) is 10.6. The SMILES string of the molecule is N=C(N)c1ccc2cc(C(=O)NC3CCCCC3)n(Cc3cc(Oc4ccccn4)cc4ccccc34)c2c1. The lowest BCUT2D eigenvalue weighted by Gasteiger charge is -2.23. The zero-order valence-electron chi connectivity index (χ0n) is 21.7. The molecule has 0 spiro atoms. The van der Waals surface area contributed by atoms with Crippen LogP contribution in [0.25, 0.3) is 21.7 Å². The van der Waals surface area contributed by atoms with Crippen molar-refractivity contribution in [1.29, 1.82) is 5.41 Å². The van der Waals surface area contributed by atoms with Gasteiger partial charge in [-0.1, -0.05) is 61.7 Å². The smallest absolute Gasteiger partial charge is 0.268 e. The van der Waals surface area contributed by atoms with Crippen LogP contribution in [-0.4, -0.2) is 27.3 Å². The van der Waals surface area contributed by atoms with Crippen molar-refractivity contribution in [1.82, 2.24) is 14.9 Å². The highest BCUT2D eigenvalue weighted by Crippen LogP contribution is 2.31. The van der Waals surface area contributed by atoms with Gasteiger partial charge in [-0.25, -0.2) is 4.98 Å². The molecule has 196 valence electrons. The second-order valence-corrected chi connectivity index (χ2v) is 10.2. The number of fused-ring (bicyclic) bond motifs is 2. The molecule has 1 aliphatic rings. The summed E-state index contributed by atoms with van der Waals surface area (Å²) in [5, 5.41) is 14.3. The summed E-state index contributed by atoms with van der Waals surface area (Å²) in [6, 6.07) is 25.5. The summed E-state index contributed by atoms with van der Waals surface area (Å²) in [4.78, 5) is 18.0. The zero-order valence-corrected chi connectivity index (χ0v) is 21.7. The number of carbonyl (C=O) groups is 1. The number of nitrogens with zero attached hydrogens (tertiary/aromatic N) is 2. The van der Waals surface area contributed by atoms with Crippen LogP contribution in [0.3, 0.4) is 0 Å². The molecule has 0 atom stereocenters. The quantitative estimate of drug-likeness (QED) is 0.172. The first-order chi connectivity index (χ1) is 19.0. The van der Waals surface area contributed by atoms with Crippen LogP contribution in [-0.2, 0) is 6.54 Å². The number of amides is 1. The third-order valence-corrected chi connectivity index (χ3v) is 7.50. The Morgan fingerprint density at radius 2 is 1.79 bits per heavy atom. The van der Waals surface area contributed by atoms with Crippen LogP contribution in [0.5, 0.6) is 11.6 Å². The molecule has 7 nitrogen and oxygen atoms in total. The molecule has 0 radical (unpaired) electrons. The highest BCUT2D eigenvalue weighted by Gasteiger charge is 2.22. The Labute approximate surface area is 227 Å². The summed E-state index contributed by atoms with van der Waals surface area (Å²) in [5.74, 6) is 1.11. The molecule has 1 fully saturated rings. The largest absolute Gasteiger partial charge is 0.439 e. The zero-order chi connectivity index (χ0) is 26.8. The van der Waals surface area contributed by atoms with E-state index in [9.17, 15) is 4.79 Å². The van der Waals surface area contributed by atoms with Gasteiger partial charge in [0.1, 0.15) is 17.3 Å². The summed E-state index contributed by atoms with van der Waals surface area (Å²) >= 11 is 0. The highest BCUT2D eigenvalue weighted by molar-refractivity contribution is 6.02. The van der Waals surface area contributed by atoms with Crippen LogP contribution in [0.15, 0.2) is 85.1 Å². The molecule has 0 saturated heterocycles. The molecule has 0 aliphatic heterocycles. The number of nitrogen functional groups attached to an aromatic ring is 1. The summed E-state index contributed by atoms with van der Waals surface area (Å²) in [6.45, 7) is 0.443. The molecular weight excluding hydrogens is 486 g/mol. The molecule has 39 heavy (non-hydrogen) atoms. The van der Waals surface area contributed by atoms with Crippen molar-refractivity contribution in [2.45, 2.75) is 44.7 Å². The Morgan fingerprint density at radius 1 is 0.974 bits per heavy atom. The lowest BCUT2D eigenvalue weighted by atomic mass is 9.95. The minimum Gasteiger partial charge on any atom is -0.439 e. The number of benzene rings is 3. The normalized spacial score (nSPS) is 13.9. The summed E-state index contributed by atoms with van der Waals surface area (Å²) in [5.41, 5.74) is 8.92. The monoisotopic (exact) mass is 517 g/mol. The molecule has 0 bridgehead atoms. The molecule has 1 aliphatic carbocycles. The van der Waals surface area contributed by atoms with Crippen LogP contribution in [0.2, 0.25) is 0 Å². The number of hydrogen-bond donors (Lipinski definition) is 3. The van der Waals surface area contributed by atoms with E-state index in [1.807, 2.05) is 71.3 Å². The Bertz CT molecular complexity index is 1670. The van der Waals surface area contributed by atoms with Gasteiger partial charge in [0, 0.05) is 41.3 Å². The maximum atomic E-state index is 13.7. The van der Waals surface area contributed by atoms with E-state index < -0.39 is 0 Å². The number of amidine groups is 1. The van der Waals surface area contributed by atoms with Crippen LogP contribution in [0, 0.1) is 5.41 Å². The predicted molar refractivity (Wildman–Crippen MR) is 155 cm³/mol. The molecule has 2 heterocycles. The molecule has 1 saturated carbocycles. The van der Waals surface area contributed by atoms with Gasteiger partial charge in [-0.2, -0.15) is 0 Å². The van der Waals surface area contributed by atoms with Crippen molar-refractivity contribution < 1.29 is 9.53 Å². The Balaban J connectivity index is 1.45. The molecule has 4 N–H and O–H groups in total. The standard InChI is InChI=1S/C32H31N5O2/c33-31(34)23-14-13-22-18-29(32(38)36-25-9-2-1-3-10-25)37(28(22)19-23)20-24-17-26(39-30-12-6-7-15-35-30)16-21-8-4-5-11-27(21)24/h4-8,11-19,25H,1-3,9-10,20H2,(H3,33,34)(H,36,38). The first-order valence-corrected chi connectivity index (χ1v) is 13.4. The van der Waals surface area contributed by atoms with Gasteiger partial charge < -0.3 is 20.4 Å². The van der Waals surface area contributed by atoms with Gasteiger partial charge in [0.05, 0.1) is 0 Å². The van der Waals surface area contributed by atoms with Gasteiger partial charge in [0.15, 0.2) is 0 Å². The van der Waals surface area contributed by atoms with Crippen LogP contribution < -0.4 is 15.8 Å². The van der Waals surface area contributed by atoms with Crippen molar-refractivity contribution in [3.63, 3.8) is 0 Å². The Morgan fingerprint density at radius 3 is 2.59 bits per heavy atom. The van der Waals surface area contributed by atoms with Gasteiger partial charge in [0.2, 0.25) is 5.88 Å². The van der Waals surface area contributed by atoms with E-state index in [0.717, 1.165) is 52.9 Å². The second-order valence-electron chi connectivity index (χ2n) is 10.2. The van der Waals surface area contributed by atoms with Crippen molar-refractivity contribution in [3.05, 3.63) is 102 Å². The van der Waals surface area contributed by atoms with E-state index in [0.29, 0.717) is 29.4 Å². The number of aromatic nitrogens is 2. The Kier molecular flexibility index (Phi) is 6.71. The summed E-state index contributed by atoms with van der Waals surface area (Å²) in [6.07, 6.45) is 7.24. The summed E-state index contributed by atoms with van der Waals surface area (Å²) in [7, 11) is 0. The van der Waals surface area contributed by atoms with Crippen molar-refractivity contribution >= 4 is 33.4 Å². The van der Waals surface area contributed by atoms with E-state index >= 15 is 0 Å². The lowest BCUT2D eigenvalue weighted by molar-refractivity contribution is 0.0919. The number of rotatable bonds is 7. The average Bonchev–Trinajstić information content (AvgIpc) is 3.32. The fraction of sp³-hybridized carbons (Fsp3) is 0.219. The number of nitrogens with two attached hydrogens (primary N) is 1. The lowest BCUT2D eigenvalue weighted by Crippen LogP contribution is -2.37. The molecular formula is C32H31N5O2. The average molecular weight is 518 g/mol. The van der Waals surface area contributed by atoms with Gasteiger partial charge in [-0.05, 0) is 59.5 Å². The van der Waals surface area contributed by atoms with Crippen LogP contribution in [0.4, 0.5) is 0 Å². The molecule has 6 rings (SSSR count). The van der Waals surface area contributed by atoms with Crippen molar-refractivity contribution in [3.8, 4) is 11.6 Å². The first-order valence-electron chi connectivity index (χ1n) is 13.4. The third-order valence-electron chi connectivity index (χ3n) is 7.50. The number of carbonyl (C=O) groups excluding carboxylic acids is 1. The van der Waals surface area contributed by atoms with E-state index in [4.69, 9.17) is 15.9 Å². The topological polar surface area (TPSA) is 106 Å². The van der Waals surface area contributed by atoms with Crippen LogP contribution in [0.1, 0.15) is 53.7 Å². The number of nitrogens with one attached hydrogen (secondary N) is 2. The molecule has 1 amide bonds. The summed E-state index contributed by atoms with van der Waals surface area (Å²) < 4.78 is 8.15. The maximum absolute atomic E-state index is 13.7. The van der Waals surface area contributed by atoms with Gasteiger partial charge in [0.25, 0.3) is 5.91 Å². The number of pyridine rings is 1. The molecule has 2 aromatic heterocycles. The Hall–Kier alpha value is -4.65. The minimum absolute atomic E-state index is 0.00549. The van der Waals surface area contributed by atoms with Crippen LogP contribution >= 0.6 is 0 Å². The molecule has 5 aromatic rings. The molecule has 0 unspecified atom stereocenters. The highest BCUT2D eigenvalue weighted by atomic mass is 16.5. The van der Waals surface area contributed by atoms with E-state index in [1.165, 1.54) is 6.42 Å².